The van der Waals surface area contributed by atoms with Crippen molar-refractivity contribution >= 4 is 11.8 Å². The van der Waals surface area contributed by atoms with Gasteiger partial charge in [-0.1, -0.05) is 30.7 Å². The van der Waals surface area contributed by atoms with Crippen molar-refractivity contribution in [3.63, 3.8) is 0 Å². The summed E-state index contributed by atoms with van der Waals surface area (Å²) >= 11 is 0. The van der Waals surface area contributed by atoms with Crippen LogP contribution >= 0.6 is 0 Å². The molecule has 1 fully saturated rings. The fourth-order valence-corrected chi connectivity index (χ4v) is 2.84. The Morgan fingerprint density at radius 3 is 2.67 bits per heavy atom. The van der Waals surface area contributed by atoms with Gasteiger partial charge >= 0.3 is 5.97 Å². The van der Waals surface area contributed by atoms with Crippen molar-refractivity contribution in [3.05, 3.63) is 35.4 Å². The van der Waals surface area contributed by atoms with Gasteiger partial charge in [-0.15, -0.1) is 0 Å². The van der Waals surface area contributed by atoms with Gasteiger partial charge in [0.15, 0.2) is 5.78 Å². The van der Waals surface area contributed by atoms with E-state index in [9.17, 15) is 9.59 Å². The van der Waals surface area contributed by atoms with Crippen LogP contribution in [-0.4, -0.2) is 16.9 Å². The molecule has 1 aliphatic carbocycles. The minimum absolute atomic E-state index is 0.00889. The maximum atomic E-state index is 12.2. The molecule has 0 unspecified atom stereocenters. The summed E-state index contributed by atoms with van der Waals surface area (Å²) < 4.78 is 0. The molecule has 3 nitrogen and oxygen atoms in total. The zero-order valence-corrected chi connectivity index (χ0v) is 10.6. The summed E-state index contributed by atoms with van der Waals surface area (Å²) in [6.07, 6.45) is 2.85. The summed E-state index contributed by atoms with van der Waals surface area (Å²) in [7, 11) is 0. The number of carbonyl (C=O) groups excluding carboxylic acids is 1. The van der Waals surface area contributed by atoms with Crippen LogP contribution in [-0.2, 0) is 4.79 Å². The van der Waals surface area contributed by atoms with Crippen molar-refractivity contribution in [2.24, 2.45) is 11.8 Å². The molecule has 1 saturated carbocycles. The maximum absolute atomic E-state index is 12.2. The number of carboxylic acid groups (broad SMARTS) is 1. The van der Waals surface area contributed by atoms with E-state index in [1.807, 2.05) is 31.2 Å². The molecule has 0 spiro atoms. The highest BCUT2D eigenvalue weighted by Gasteiger charge is 2.34. The van der Waals surface area contributed by atoms with Gasteiger partial charge in [-0.3, -0.25) is 9.59 Å². The van der Waals surface area contributed by atoms with Gasteiger partial charge in [-0.25, -0.2) is 0 Å². The summed E-state index contributed by atoms with van der Waals surface area (Å²) in [6, 6.07) is 7.49. The SMILES string of the molecule is Cc1ccccc1C(=O)C[C@@H]1CCC[C@H]1C(=O)O. The predicted octanol–water partition coefficient (Wildman–Crippen LogP) is 3.07. The summed E-state index contributed by atoms with van der Waals surface area (Å²) in [5.41, 5.74) is 1.70. The van der Waals surface area contributed by atoms with Crippen molar-refractivity contribution in [2.75, 3.05) is 0 Å². The number of aliphatic carboxylic acids is 1. The van der Waals surface area contributed by atoms with E-state index in [4.69, 9.17) is 5.11 Å². The lowest BCUT2D eigenvalue weighted by atomic mass is 9.88. The van der Waals surface area contributed by atoms with Gasteiger partial charge in [0.2, 0.25) is 0 Å². The van der Waals surface area contributed by atoms with Gasteiger partial charge in [0, 0.05) is 12.0 Å². The normalized spacial score (nSPS) is 22.9. The first kappa shape index (κ1) is 12.8. The van der Waals surface area contributed by atoms with Gasteiger partial charge < -0.3 is 5.11 Å². The number of carbonyl (C=O) groups is 2. The number of ketones is 1. The molecule has 0 aliphatic heterocycles. The Morgan fingerprint density at radius 2 is 2.00 bits per heavy atom. The van der Waals surface area contributed by atoms with E-state index in [2.05, 4.69) is 0 Å². The summed E-state index contributed by atoms with van der Waals surface area (Å²) in [4.78, 5) is 23.3. The van der Waals surface area contributed by atoms with Crippen LogP contribution in [0.15, 0.2) is 24.3 Å². The molecule has 2 rings (SSSR count). The molecule has 18 heavy (non-hydrogen) atoms. The lowest BCUT2D eigenvalue weighted by Crippen LogP contribution is -2.21. The number of benzene rings is 1. The topological polar surface area (TPSA) is 54.4 Å². The summed E-state index contributed by atoms with van der Waals surface area (Å²) in [5.74, 6) is -1.01. The Balaban J connectivity index is 2.08. The number of Topliss-reactive ketones (excluding diaryl/α,β-unsaturated/α-hetero) is 1. The molecule has 3 heteroatoms. The standard InChI is InChI=1S/C15H18O3/c1-10-5-2-3-7-12(10)14(16)9-11-6-4-8-13(11)15(17)18/h2-3,5,7,11,13H,4,6,8-9H2,1H3,(H,17,18)/t11-,13+/m0/s1. The van der Waals surface area contributed by atoms with E-state index in [0.717, 1.165) is 24.0 Å². The largest absolute Gasteiger partial charge is 0.481 e. The highest BCUT2D eigenvalue weighted by molar-refractivity contribution is 5.97. The average molecular weight is 246 g/mol. The molecule has 1 aromatic carbocycles. The highest BCUT2D eigenvalue weighted by atomic mass is 16.4. The molecule has 0 saturated heterocycles. The van der Waals surface area contributed by atoms with Crippen molar-refractivity contribution < 1.29 is 14.7 Å². The Kier molecular flexibility index (Phi) is 3.80. The molecule has 1 N–H and O–H groups in total. The third kappa shape index (κ3) is 2.61. The maximum Gasteiger partial charge on any atom is 0.306 e. The highest BCUT2D eigenvalue weighted by Crippen LogP contribution is 2.35. The second kappa shape index (κ2) is 5.34. The summed E-state index contributed by atoms with van der Waals surface area (Å²) in [6.45, 7) is 1.91. The van der Waals surface area contributed by atoms with E-state index in [1.165, 1.54) is 0 Å². The van der Waals surface area contributed by atoms with Crippen LogP contribution in [0.1, 0.15) is 41.6 Å². The zero-order valence-electron chi connectivity index (χ0n) is 10.6. The third-order valence-corrected chi connectivity index (χ3v) is 3.87. The lowest BCUT2D eigenvalue weighted by Gasteiger charge is -2.15. The summed E-state index contributed by atoms with van der Waals surface area (Å²) in [5, 5.41) is 9.11. The monoisotopic (exact) mass is 246 g/mol. The predicted molar refractivity (Wildman–Crippen MR) is 68.6 cm³/mol. The third-order valence-electron chi connectivity index (χ3n) is 3.87. The molecule has 1 aromatic rings. The Hall–Kier alpha value is -1.64. The average Bonchev–Trinajstić information content (AvgIpc) is 2.77. The first-order chi connectivity index (χ1) is 8.59. The molecular formula is C15H18O3. The molecule has 96 valence electrons. The van der Waals surface area contributed by atoms with E-state index in [-0.39, 0.29) is 17.6 Å². The second-order valence-corrected chi connectivity index (χ2v) is 5.08. The van der Waals surface area contributed by atoms with Crippen molar-refractivity contribution in [2.45, 2.75) is 32.6 Å². The Morgan fingerprint density at radius 1 is 1.28 bits per heavy atom. The molecule has 0 radical (unpaired) electrons. The van der Waals surface area contributed by atoms with Gasteiger partial charge in [0.25, 0.3) is 0 Å². The van der Waals surface area contributed by atoms with Crippen LogP contribution in [0.3, 0.4) is 0 Å². The number of hydrogen-bond donors (Lipinski definition) is 1. The first-order valence-electron chi connectivity index (χ1n) is 6.41. The van der Waals surface area contributed by atoms with Gasteiger partial charge in [0.1, 0.15) is 0 Å². The van der Waals surface area contributed by atoms with Crippen LogP contribution < -0.4 is 0 Å². The van der Waals surface area contributed by atoms with E-state index >= 15 is 0 Å². The number of hydrogen-bond acceptors (Lipinski definition) is 2. The fraction of sp³-hybridized carbons (Fsp3) is 0.467. The number of aryl methyl sites for hydroxylation is 1. The first-order valence-corrected chi connectivity index (χ1v) is 6.41. The Bertz CT molecular complexity index is 465. The zero-order chi connectivity index (χ0) is 13.1. The van der Waals surface area contributed by atoms with E-state index in [0.29, 0.717) is 12.8 Å². The van der Waals surface area contributed by atoms with Crippen LogP contribution in [0.2, 0.25) is 0 Å². The molecular weight excluding hydrogens is 228 g/mol. The van der Waals surface area contributed by atoms with Crippen LogP contribution in [0.4, 0.5) is 0 Å². The second-order valence-electron chi connectivity index (χ2n) is 5.08. The molecule has 2 atom stereocenters. The minimum Gasteiger partial charge on any atom is -0.481 e. The van der Waals surface area contributed by atoms with Crippen molar-refractivity contribution in [1.82, 2.24) is 0 Å². The van der Waals surface area contributed by atoms with E-state index in [1.54, 1.807) is 0 Å². The molecule has 0 heterocycles. The van der Waals surface area contributed by atoms with Crippen LogP contribution in [0.25, 0.3) is 0 Å². The van der Waals surface area contributed by atoms with Crippen LogP contribution in [0.5, 0.6) is 0 Å². The Labute approximate surface area is 107 Å². The van der Waals surface area contributed by atoms with Crippen molar-refractivity contribution in [1.29, 1.82) is 0 Å². The van der Waals surface area contributed by atoms with Gasteiger partial charge in [0.05, 0.1) is 5.92 Å². The lowest BCUT2D eigenvalue weighted by molar-refractivity contribution is -0.142. The van der Waals surface area contributed by atoms with Crippen molar-refractivity contribution in [3.8, 4) is 0 Å². The van der Waals surface area contributed by atoms with Crippen LogP contribution in [0, 0.1) is 18.8 Å². The smallest absolute Gasteiger partial charge is 0.306 e. The minimum atomic E-state index is -0.755. The van der Waals surface area contributed by atoms with E-state index < -0.39 is 5.97 Å². The molecule has 0 aromatic heterocycles. The quantitative estimate of drug-likeness (QED) is 0.831. The number of carboxylic acids is 1. The molecule has 1 aliphatic rings. The number of rotatable bonds is 4. The fourth-order valence-electron chi connectivity index (χ4n) is 2.84. The van der Waals surface area contributed by atoms with Gasteiger partial charge in [-0.2, -0.15) is 0 Å². The van der Waals surface area contributed by atoms with Gasteiger partial charge in [-0.05, 0) is 31.2 Å². The molecule has 0 bridgehead atoms. The molecule has 0 amide bonds.